The lowest BCUT2D eigenvalue weighted by molar-refractivity contribution is 0.782. The summed E-state index contributed by atoms with van der Waals surface area (Å²) in [5.41, 5.74) is 7.71. The minimum Gasteiger partial charge on any atom is -0.150 e. The Morgan fingerprint density at radius 2 is 0.844 bits per heavy atom. The molecule has 0 spiro atoms. The first-order valence-electron chi connectivity index (χ1n) is 11.1. The van der Waals surface area contributed by atoms with E-state index in [0.717, 1.165) is 32.1 Å². The van der Waals surface area contributed by atoms with Crippen LogP contribution in [0.5, 0.6) is 0 Å². The van der Waals surface area contributed by atoms with E-state index in [1.165, 1.54) is 27.8 Å². The highest BCUT2D eigenvalue weighted by atomic mass is 35.7. The normalized spacial score (nSPS) is 16.3. The van der Waals surface area contributed by atoms with Crippen LogP contribution >= 0.6 is 88.6 Å². The van der Waals surface area contributed by atoms with Crippen LogP contribution in [-0.2, 0) is 32.1 Å². The quantitative estimate of drug-likeness (QED) is 0.146. The summed E-state index contributed by atoms with van der Waals surface area (Å²) in [6.07, 6.45) is 4.35. The van der Waals surface area contributed by atoms with E-state index in [-0.39, 0.29) is 22.2 Å². The summed E-state index contributed by atoms with van der Waals surface area (Å²) in [7, 11) is -7.32. The van der Waals surface area contributed by atoms with Crippen LogP contribution in [0, 0.1) is 0 Å². The summed E-state index contributed by atoms with van der Waals surface area (Å²) < 4.78 is 0. The number of hydrogen-bond acceptors (Lipinski definition) is 0. The van der Waals surface area contributed by atoms with Crippen molar-refractivity contribution in [1.82, 2.24) is 0 Å². The van der Waals surface area contributed by atoms with Gasteiger partial charge in [-0.05, 0) is 82.1 Å². The standard InChI is InChI=1S/C20H34Cl8Si4/c1-6-16-11-17(7-12(2)29(21)22)19(9-14(4)31(25)26)20(10-15(5)32(27)28)18(16)8-13(3)30(23)24/h11-15,29-32H,6-10H2,1-5H3. The second-order valence-electron chi connectivity index (χ2n) is 9.05. The van der Waals surface area contributed by atoms with E-state index in [2.05, 4.69) is 40.7 Å². The summed E-state index contributed by atoms with van der Waals surface area (Å²) in [4.78, 5) is 0. The van der Waals surface area contributed by atoms with Crippen LogP contribution in [-0.4, -0.2) is 29.7 Å². The first-order valence-corrected chi connectivity index (χ1v) is 27.7. The van der Waals surface area contributed by atoms with Crippen molar-refractivity contribution in [3.63, 3.8) is 0 Å². The highest BCUT2D eigenvalue weighted by Crippen LogP contribution is 2.38. The van der Waals surface area contributed by atoms with E-state index in [1.807, 2.05) is 0 Å². The Labute approximate surface area is 239 Å². The SMILES string of the molecule is CCc1cc(CC(C)[SiH](Cl)Cl)c(CC(C)[SiH](Cl)Cl)c(CC(C)[SiH](Cl)Cl)c1CC(C)[SiH](Cl)Cl. The molecule has 0 radical (unpaired) electrons. The molecule has 0 saturated heterocycles. The third kappa shape index (κ3) is 10.0. The summed E-state index contributed by atoms with van der Waals surface area (Å²) in [6.45, 7) is 10.8. The van der Waals surface area contributed by atoms with Gasteiger partial charge in [0.2, 0.25) is 29.7 Å². The molecule has 4 atom stereocenters. The second-order valence-corrected chi connectivity index (χ2v) is 30.2. The van der Waals surface area contributed by atoms with Gasteiger partial charge in [-0.2, -0.15) is 88.6 Å². The van der Waals surface area contributed by atoms with Crippen LogP contribution in [0.15, 0.2) is 6.07 Å². The van der Waals surface area contributed by atoms with Crippen molar-refractivity contribution < 1.29 is 0 Å². The third-order valence-corrected chi connectivity index (χ3v) is 20.8. The molecule has 0 fully saturated rings. The molecule has 0 N–H and O–H groups in total. The van der Waals surface area contributed by atoms with Gasteiger partial charge in [-0.1, -0.05) is 40.7 Å². The Morgan fingerprint density at radius 1 is 0.531 bits per heavy atom. The van der Waals surface area contributed by atoms with Crippen molar-refractivity contribution in [2.45, 2.75) is 88.9 Å². The van der Waals surface area contributed by atoms with Gasteiger partial charge in [0.25, 0.3) is 0 Å². The van der Waals surface area contributed by atoms with Crippen molar-refractivity contribution in [2.75, 3.05) is 0 Å². The summed E-state index contributed by atoms with van der Waals surface area (Å²) in [5, 5.41) is 0. The van der Waals surface area contributed by atoms with Gasteiger partial charge in [0, 0.05) is 0 Å². The molecule has 4 unspecified atom stereocenters. The summed E-state index contributed by atoms with van der Waals surface area (Å²) in [6, 6.07) is 2.35. The van der Waals surface area contributed by atoms with Gasteiger partial charge in [0.15, 0.2) is 0 Å². The van der Waals surface area contributed by atoms with Gasteiger partial charge in [0.1, 0.15) is 0 Å². The molecule has 0 aliphatic carbocycles. The molecule has 0 aromatic heterocycles. The van der Waals surface area contributed by atoms with E-state index >= 15 is 0 Å². The van der Waals surface area contributed by atoms with Crippen LogP contribution in [0.1, 0.15) is 62.4 Å². The molecule has 0 amide bonds. The fraction of sp³-hybridized carbons (Fsp3) is 0.700. The van der Waals surface area contributed by atoms with Crippen molar-refractivity contribution in [1.29, 1.82) is 0 Å². The largest absolute Gasteiger partial charge is 0.240 e. The Hall–Kier alpha value is 2.41. The maximum atomic E-state index is 6.44. The molecule has 0 heterocycles. The molecule has 32 heavy (non-hydrogen) atoms. The molecular formula is C20H34Cl8Si4. The lowest BCUT2D eigenvalue weighted by Gasteiger charge is -2.28. The van der Waals surface area contributed by atoms with Gasteiger partial charge in [-0.3, -0.25) is 0 Å². The molecule has 1 rings (SSSR count). The Kier molecular flexibility index (Phi) is 15.8. The van der Waals surface area contributed by atoms with Crippen molar-refractivity contribution in [3.8, 4) is 0 Å². The van der Waals surface area contributed by atoms with Gasteiger partial charge in [-0.15, -0.1) is 0 Å². The summed E-state index contributed by atoms with van der Waals surface area (Å²) in [5.74, 6) is 0. The molecule has 0 nitrogen and oxygen atoms in total. The highest BCUT2D eigenvalue weighted by molar-refractivity contribution is 7.35. The fourth-order valence-electron chi connectivity index (χ4n) is 3.88. The van der Waals surface area contributed by atoms with Gasteiger partial charge < -0.3 is 0 Å². The monoisotopic (exact) mass is 666 g/mol. The highest BCUT2D eigenvalue weighted by Gasteiger charge is 2.28. The zero-order chi connectivity index (χ0) is 24.7. The number of halogens is 8. The van der Waals surface area contributed by atoms with E-state index in [9.17, 15) is 0 Å². The molecule has 0 bridgehead atoms. The van der Waals surface area contributed by atoms with Crippen molar-refractivity contribution in [3.05, 3.63) is 33.9 Å². The fourth-order valence-corrected chi connectivity index (χ4v) is 7.69. The second kappa shape index (κ2) is 15.6. The average molecular weight is 670 g/mol. The van der Waals surface area contributed by atoms with Crippen LogP contribution in [0.25, 0.3) is 0 Å². The molecule has 0 saturated carbocycles. The predicted molar refractivity (Wildman–Crippen MR) is 164 cm³/mol. The van der Waals surface area contributed by atoms with E-state index in [1.54, 1.807) is 0 Å². The number of rotatable bonds is 13. The Bertz CT molecular complexity index is 717. The van der Waals surface area contributed by atoms with Crippen LogP contribution in [0.4, 0.5) is 0 Å². The molecular weight excluding hydrogens is 636 g/mol. The maximum Gasteiger partial charge on any atom is 0.240 e. The van der Waals surface area contributed by atoms with Gasteiger partial charge >= 0.3 is 0 Å². The Morgan fingerprint density at radius 3 is 1.19 bits per heavy atom. The third-order valence-electron chi connectivity index (χ3n) is 6.07. The van der Waals surface area contributed by atoms with Crippen LogP contribution in [0.2, 0.25) is 22.2 Å². The van der Waals surface area contributed by atoms with E-state index in [0.29, 0.717) is 0 Å². The molecule has 1 aromatic rings. The van der Waals surface area contributed by atoms with Crippen molar-refractivity contribution in [2.24, 2.45) is 0 Å². The van der Waals surface area contributed by atoms with E-state index in [4.69, 9.17) is 88.6 Å². The number of benzene rings is 1. The minimum atomic E-state index is -1.85. The Balaban J connectivity index is 3.78. The number of aryl methyl sites for hydroxylation is 1. The average Bonchev–Trinajstić information content (AvgIpc) is 2.70. The van der Waals surface area contributed by atoms with Crippen LogP contribution in [0.3, 0.4) is 0 Å². The molecule has 1 aromatic carbocycles. The molecule has 0 aliphatic rings. The number of hydrogen-bond donors (Lipinski definition) is 0. The smallest absolute Gasteiger partial charge is 0.150 e. The molecule has 12 heteroatoms. The topological polar surface area (TPSA) is 0 Å². The summed E-state index contributed by atoms with van der Waals surface area (Å²) >= 11 is 51.3. The van der Waals surface area contributed by atoms with Crippen molar-refractivity contribution >= 4 is 118 Å². The van der Waals surface area contributed by atoms with Crippen LogP contribution < -0.4 is 0 Å². The lowest BCUT2D eigenvalue weighted by atomic mass is 9.83. The first kappa shape index (κ1) is 32.4. The lowest BCUT2D eigenvalue weighted by Crippen LogP contribution is -2.19. The first-order chi connectivity index (χ1) is 14.8. The maximum absolute atomic E-state index is 6.44. The van der Waals surface area contributed by atoms with E-state index < -0.39 is 29.7 Å². The minimum absolute atomic E-state index is 0.238. The zero-order valence-electron chi connectivity index (χ0n) is 19.3. The van der Waals surface area contributed by atoms with Gasteiger partial charge in [0.05, 0.1) is 0 Å². The molecule has 186 valence electrons. The van der Waals surface area contributed by atoms with Gasteiger partial charge in [-0.25, -0.2) is 0 Å². The predicted octanol–water partition coefficient (Wildman–Crippen LogP) is 8.77. The zero-order valence-corrected chi connectivity index (χ0v) is 29.9. The molecule has 0 aliphatic heterocycles.